The molecule has 1 aliphatic carbocycles. The highest BCUT2D eigenvalue weighted by Crippen LogP contribution is 2.53. The number of pyridine rings is 1. The van der Waals surface area contributed by atoms with Crippen molar-refractivity contribution in [3.63, 3.8) is 0 Å². The van der Waals surface area contributed by atoms with Crippen LogP contribution in [-0.2, 0) is 11.3 Å². The molecule has 4 heterocycles. The Morgan fingerprint density at radius 3 is 2.77 bits per heavy atom. The summed E-state index contributed by atoms with van der Waals surface area (Å²) < 4.78 is 8.00. The predicted octanol–water partition coefficient (Wildman–Crippen LogP) is 4.73. The van der Waals surface area contributed by atoms with E-state index in [1.54, 1.807) is 11.8 Å². The summed E-state index contributed by atoms with van der Waals surface area (Å²) in [6, 6.07) is 10.5. The van der Waals surface area contributed by atoms with Crippen molar-refractivity contribution in [1.29, 1.82) is 0 Å². The van der Waals surface area contributed by atoms with Crippen molar-refractivity contribution < 1.29 is 9.53 Å². The van der Waals surface area contributed by atoms with Gasteiger partial charge >= 0.3 is 0 Å². The minimum atomic E-state index is -0.479. The standard InChI is InChI=1S/C28H35N5O2/c1-17-26(34)31(5)21-10-18(6-8-23(21)35-17)25-22(33-13-19(29)7-9-24(33)30-25)14-32-16-28(4)12-20(32)11-27(2,3)15-28/h6-10,13,17,20H,11-12,14-16,29H2,1-5H3. The smallest absolute Gasteiger partial charge is 0.267 e. The van der Waals surface area contributed by atoms with E-state index in [4.69, 9.17) is 15.5 Å². The number of carbonyl (C=O) groups excluding carboxylic acids is 1. The van der Waals surface area contributed by atoms with Gasteiger partial charge in [-0.05, 0) is 67.3 Å². The number of anilines is 2. The molecule has 7 nitrogen and oxygen atoms in total. The minimum absolute atomic E-state index is 0.0437. The quantitative estimate of drug-likeness (QED) is 0.595. The molecule has 7 heteroatoms. The zero-order valence-corrected chi connectivity index (χ0v) is 21.3. The van der Waals surface area contributed by atoms with Crippen LogP contribution in [0, 0.1) is 10.8 Å². The highest BCUT2D eigenvalue weighted by molar-refractivity contribution is 6.00. The minimum Gasteiger partial charge on any atom is -0.479 e. The summed E-state index contributed by atoms with van der Waals surface area (Å²) >= 11 is 0. The molecule has 1 saturated carbocycles. The van der Waals surface area contributed by atoms with Gasteiger partial charge in [0.05, 0.1) is 17.1 Å². The number of likely N-dealkylation sites (tertiary alicyclic amines) is 1. The van der Waals surface area contributed by atoms with Gasteiger partial charge in [-0.1, -0.05) is 20.8 Å². The zero-order chi connectivity index (χ0) is 24.7. The van der Waals surface area contributed by atoms with Crippen LogP contribution in [0.5, 0.6) is 5.75 Å². The number of imidazole rings is 1. The number of amides is 1. The molecule has 184 valence electrons. The number of hydrogen-bond acceptors (Lipinski definition) is 5. The van der Waals surface area contributed by atoms with Crippen molar-refractivity contribution >= 4 is 22.9 Å². The largest absolute Gasteiger partial charge is 0.479 e. The number of likely N-dealkylation sites (N-methyl/N-ethyl adjacent to an activating group) is 1. The Kier molecular flexibility index (Phi) is 4.78. The number of ether oxygens (including phenoxy) is 1. The summed E-state index contributed by atoms with van der Waals surface area (Å²) in [7, 11) is 1.81. The van der Waals surface area contributed by atoms with Gasteiger partial charge in [0.15, 0.2) is 6.10 Å². The van der Waals surface area contributed by atoms with Crippen LogP contribution in [0.1, 0.15) is 52.7 Å². The Morgan fingerprint density at radius 2 is 1.97 bits per heavy atom. The third kappa shape index (κ3) is 3.68. The van der Waals surface area contributed by atoms with Gasteiger partial charge in [-0.3, -0.25) is 9.69 Å². The second kappa shape index (κ2) is 7.47. The van der Waals surface area contributed by atoms with E-state index in [-0.39, 0.29) is 5.91 Å². The van der Waals surface area contributed by atoms with Crippen LogP contribution >= 0.6 is 0 Å². The molecule has 2 aromatic heterocycles. The fourth-order valence-electron chi connectivity index (χ4n) is 7.10. The normalized spacial score (nSPS) is 27.8. The number of nitrogens with two attached hydrogens (primary N) is 1. The van der Waals surface area contributed by atoms with Crippen molar-refractivity contribution in [3.8, 4) is 17.0 Å². The number of benzene rings is 1. The van der Waals surface area contributed by atoms with Crippen molar-refractivity contribution in [2.24, 2.45) is 10.8 Å². The summed E-state index contributed by atoms with van der Waals surface area (Å²) in [5.41, 5.74) is 12.4. The first kappa shape index (κ1) is 22.4. The molecular weight excluding hydrogens is 438 g/mol. The summed E-state index contributed by atoms with van der Waals surface area (Å²) in [5.74, 6) is 0.680. The van der Waals surface area contributed by atoms with E-state index in [1.807, 2.05) is 37.5 Å². The van der Waals surface area contributed by atoms with Crippen LogP contribution in [0.2, 0.25) is 0 Å². The number of hydrogen-bond donors (Lipinski definition) is 1. The summed E-state index contributed by atoms with van der Waals surface area (Å²) in [5, 5.41) is 0. The Bertz CT molecular complexity index is 1340. The maximum Gasteiger partial charge on any atom is 0.267 e. The van der Waals surface area contributed by atoms with Gasteiger partial charge in [-0.15, -0.1) is 0 Å². The molecule has 2 bridgehead atoms. The summed E-state index contributed by atoms with van der Waals surface area (Å²) in [6.07, 6.45) is 5.24. The number of rotatable bonds is 3. The van der Waals surface area contributed by atoms with Crippen LogP contribution in [0.15, 0.2) is 36.5 Å². The highest BCUT2D eigenvalue weighted by atomic mass is 16.5. The number of nitrogen functional groups attached to an aromatic ring is 1. The maximum atomic E-state index is 12.6. The molecule has 6 rings (SSSR count). The van der Waals surface area contributed by atoms with Crippen molar-refractivity contribution in [2.45, 2.75) is 65.6 Å². The predicted molar refractivity (Wildman–Crippen MR) is 138 cm³/mol. The topological polar surface area (TPSA) is 76.1 Å². The fraction of sp³-hybridized carbons (Fsp3) is 0.500. The van der Waals surface area contributed by atoms with E-state index in [2.05, 4.69) is 36.1 Å². The lowest BCUT2D eigenvalue weighted by atomic mass is 9.65. The van der Waals surface area contributed by atoms with Gasteiger partial charge in [0.2, 0.25) is 0 Å². The molecule has 2 fully saturated rings. The van der Waals surface area contributed by atoms with E-state index in [0.29, 0.717) is 22.6 Å². The van der Waals surface area contributed by atoms with Crippen LogP contribution in [0.3, 0.4) is 0 Å². The molecule has 35 heavy (non-hydrogen) atoms. The first-order chi connectivity index (χ1) is 16.5. The lowest BCUT2D eigenvalue weighted by molar-refractivity contribution is -0.125. The Morgan fingerprint density at radius 1 is 1.17 bits per heavy atom. The third-order valence-corrected chi connectivity index (χ3v) is 8.19. The molecule has 1 aromatic carbocycles. The molecule has 0 spiro atoms. The van der Waals surface area contributed by atoms with Gasteiger partial charge in [-0.25, -0.2) is 4.98 Å². The van der Waals surface area contributed by atoms with E-state index < -0.39 is 6.10 Å². The SMILES string of the molecule is CC1Oc2ccc(-c3nc4ccc(N)cn4c3CN3CC4(C)CC3CC(C)(C)C4)cc2N(C)C1=O. The van der Waals surface area contributed by atoms with Gasteiger partial charge in [-0.2, -0.15) is 0 Å². The lowest BCUT2D eigenvalue weighted by Gasteiger charge is -2.40. The molecule has 3 unspecified atom stereocenters. The van der Waals surface area contributed by atoms with Gasteiger partial charge in [0.25, 0.3) is 5.91 Å². The molecule has 0 radical (unpaired) electrons. The van der Waals surface area contributed by atoms with Crippen LogP contribution < -0.4 is 15.4 Å². The second-order valence-corrected chi connectivity index (χ2v) is 12.1. The lowest BCUT2D eigenvalue weighted by Crippen LogP contribution is -2.41. The number of nitrogens with zero attached hydrogens (tertiary/aromatic N) is 4. The Hall–Kier alpha value is -3.06. The average Bonchev–Trinajstić information content (AvgIpc) is 3.24. The number of carbonyl (C=O) groups is 1. The molecule has 1 saturated heterocycles. The monoisotopic (exact) mass is 473 g/mol. The molecule has 3 aliphatic rings. The van der Waals surface area contributed by atoms with E-state index in [0.717, 1.165) is 47.1 Å². The number of aromatic nitrogens is 2. The molecular formula is C28H35N5O2. The van der Waals surface area contributed by atoms with Crippen LogP contribution in [0.25, 0.3) is 16.9 Å². The van der Waals surface area contributed by atoms with Crippen molar-refractivity contribution in [1.82, 2.24) is 14.3 Å². The summed E-state index contributed by atoms with van der Waals surface area (Å²) in [4.78, 5) is 21.9. The first-order valence-corrected chi connectivity index (χ1v) is 12.6. The van der Waals surface area contributed by atoms with E-state index in [1.165, 1.54) is 19.3 Å². The fourth-order valence-corrected chi connectivity index (χ4v) is 7.10. The molecule has 3 atom stereocenters. The van der Waals surface area contributed by atoms with E-state index >= 15 is 0 Å². The average molecular weight is 474 g/mol. The Labute approximate surface area is 206 Å². The van der Waals surface area contributed by atoms with Crippen molar-refractivity contribution in [2.75, 3.05) is 24.2 Å². The molecule has 2 aliphatic heterocycles. The first-order valence-electron chi connectivity index (χ1n) is 12.6. The van der Waals surface area contributed by atoms with Crippen LogP contribution in [-0.4, -0.2) is 45.9 Å². The van der Waals surface area contributed by atoms with Gasteiger partial charge in [0.1, 0.15) is 11.4 Å². The molecule has 3 aromatic rings. The Balaban J connectivity index is 1.44. The molecule has 1 amide bonds. The summed E-state index contributed by atoms with van der Waals surface area (Å²) in [6.45, 7) is 11.0. The van der Waals surface area contributed by atoms with Crippen molar-refractivity contribution in [3.05, 3.63) is 42.2 Å². The number of fused-ring (bicyclic) bond motifs is 4. The maximum absolute atomic E-state index is 12.6. The third-order valence-electron chi connectivity index (χ3n) is 8.19. The van der Waals surface area contributed by atoms with E-state index in [9.17, 15) is 4.79 Å². The van der Waals surface area contributed by atoms with Gasteiger partial charge < -0.3 is 19.8 Å². The highest BCUT2D eigenvalue weighted by Gasteiger charge is 2.49. The zero-order valence-electron chi connectivity index (χ0n) is 21.3. The van der Waals surface area contributed by atoms with Crippen LogP contribution in [0.4, 0.5) is 11.4 Å². The second-order valence-electron chi connectivity index (χ2n) is 12.1. The molecule has 2 N–H and O–H groups in total. The van der Waals surface area contributed by atoms with Gasteiger partial charge in [0, 0.05) is 43.6 Å².